The highest BCUT2D eigenvalue weighted by molar-refractivity contribution is 6.30. The standard InChI is InChI=1S/C27H29ClFNO2/c28-24-7-8-27(26(29)15-24)32-18-19-5-6-20-9-11-30(17-23(20)13-19)16-22-4-2-1-3-21(22)14-25-10-12-31-25/h1-8,13,15,21-22,25H,9-12,14,16-18H2/t21-,22?,25?/m1/s1. The summed E-state index contributed by atoms with van der Waals surface area (Å²) in [7, 11) is 0. The molecule has 3 atom stereocenters. The molecule has 0 amide bonds. The molecule has 1 aliphatic carbocycles. The lowest BCUT2D eigenvalue weighted by atomic mass is 9.82. The molecule has 2 aromatic carbocycles. The van der Waals surface area contributed by atoms with Crippen molar-refractivity contribution in [3.63, 3.8) is 0 Å². The summed E-state index contributed by atoms with van der Waals surface area (Å²) in [6.07, 6.45) is 12.9. The highest BCUT2D eigenvalue weighted by Crippen LogP contribution is 2.31. The van der Waals surface area contributed by atoms with Gasteiger partial charge in [0.05, 0.1) is 6.10 Å². The maximum Gasteiger partial charge on any atom is 0.166 e. The number of halogens is 2. The Kier molecular flexibility index (Phi) is 6.63. The number of fused-ring (bicyclic) bond motifs is 1. The Morgan fingerprint density at radius 3 is 2.69 bits per heavy atom. The van der Waals surface area contributed by atoms with Gasteiger partial charge >= 0.3 is 0 Å². The van der Waals surface area contributed by atoms with Gasteiger partial charge in [-0.1, -0.05) is 54.1 Å². The number of hydrogen-bond acceptors (Lipinski definition) is 3. The molecule has 2 aromatic rings. The van der Waals surface area contributed by atoms with Crippen LogP contribution in [-0.4, -0.2) is 30.7 Å². The average Bonchev–Trinajstić information content (AvgIpc) is 2.76. The fourth-order valence-electron chi connectivity index (χ4n) is 4.89. The van der Waals surface area contributed by atoms with Crippen molar-refractivity contribution in [2.24, 2.45) is 11.8 Å². The highest BCUT2D eigenvalue weighted by Gasteiger charge is 2.28. The molecule has 32 heavy (non-hydrogen) atoms. The van der Waals surface area contributed by atoms with E-state index in [4.69, 9.17) is 21.1 Å². The summed E-state index contributed by atoms with van der Waals surface area (Å²) in [5.74, 6) is 0.885. The van der Waals surface area contributed by atoms with Gasteiger partial charge < -0.3 is 9.47 Å². The highest BCUT2D eigenvalue weighted by atomic mass is 35.5. The third kappa shape index (κ3) is 5.09. The van der Waals surface area contributed by atoms with Crippen LogP contribution in [0.3, 0.4) is 0 Å². The molecule has 3 aliphatic rings. The zero-order chi connectivity index (χ0) is 21.9. The van der Waals surface area contributed by atoms with Gasteiger partial charge in [0.25, 0.3) is 0 Å². The summed E-state index contributed by atoms with van der Waals surface area (Å²) >= 11 is 5.83. The van der Waals surface area contributed by atoms with E-state index in [0.29, 0.717) is 29.6 Å². The van der Waals surface area contributed by atoms with Crippen molar-refractivity contribution in [2.75, 3.05) is 19.7 Å². The van der Waals surface area contributed by atoms with Crippen molar-refractivity contribution in [3.8, 4) is 5.75 Å². The summed E-state index contributed by atoms with van der Waals surface area (Å²) in [6, 6.07) is 11.0. The van der Waals surface area contributed by atoms with Crippen molar-refractivity contribution in [2.45, 2.75) is 38.5 Å². The van der Waals surface area contributed by atoms with Crippen molar-refractivity contribution in [1.29, 1.82) is 0 Å². The van der Waals surface area contributed by atoms with E-state index in [1.165, 1.54) is 23.6 Å². The van der Waals surface area contributed by atoms with E-state index in [1.54, 1.807) is 12.1 Å². The van der Waals surface area contributed by atoms with Crippen LogP contribution in [0.1, 0.15) is 29.5 Å². The summed E-state index contributed by atoms with van der Waals surface area (Å²) < 4.78 is 25.4. The van der Waals surface area contributed by atoms with Gasteiger partial charge in [-0.2, -0.15) is 0 Å². The van der Waals surface area contributed by atoms with Crippen LogP contribution in [0.2, 0.25) is 5.02 Å². The van der Waals surface area contributed by atoms with Gasteiger partial charge in [-0.05, 0) is 66.0 Å². The molecule has 0 bridgehead atoms. The first-order valence-electron chi connectivity index (χ1n) is 11.5. The molecular weight excluding hydrogens is 425 g/mol. The summed E-state index contributed by atoms with van der Waals surface area (Å²) in [6.45, 7) is 4.35. The maximum atomic E-state index is 14.0. The fourth-order valence-corrected chi connectivity index (χ4v) is 5.05. The second-order valence-corrected chi connectivity index (χ2v) is 9.50. The predicted octanol–water partition coefficient (Wildman–Crippen LogP) is 5.95. The quantitative estimate of drug-likeness (QED) is 0.516. The molecule has 0 spiro atoms. The van der Waals surface area contributed by atoms with Crippen LogP contribution in [0.5, 0.6) is 5.75 Å². The van der Waals surface area contributed by atoms with Crippen LogP contribution in [0.15, 0.2) is 60.7 Å². The zero-order valence-corrected chi connectivity index (χ0v) is 18.9. The Labute approximate surface area is 194 Å². The SMILES string of the molecule is Fc1cc(Cl)ccc1OCc1ccc2c(c1)CN(CC1C=CC=C[C@@H]1CC1CCO1)CC2. The molecule has 0 radical (unpaired) electrons. The lowest BCUT2D eigenvalue weighted by Crippen LogP contribution is -2.38. The molecule has 0 aromatic heterocycles. The van der Waals surface area contributed by atoms with Crippen molar-refractivity contribution < 1.29 is 13.9 Å². The number of nitrogens with zero attached hydrogens (tertiary/aromatic N) is 1. The van der Waals surface area contributed by atoms with E-state index in [0.717, 1.165) is 44.6 Å². The maximum absolute atomic E-state index is 14.0. The van der Waals surface area contributed by atoms with Crippen LogP contribution in [0.25, 0.3) is 0 Å². The van der Waals surface area contributed by atoms with Crippen molar-refractivity contribution >= 4 is 11.6 Å². The largest absolute Gasteiger partial charge is 0.486 e. The number of rotatable bonds is 7. The monoisotopic (exact) mass is 453 g/mol. The fraction of sp³-hybridized carbons (Fsp3) is 0.407. The molecule has 1 saturated heterocycles. The van der Waals surface area contributed by atoms with Crippen molar-refractivity contribution in [1.82, 2.24) is 4.90 Å². The average molecular weight is 454 g/mol. The normalized spacial score (nSPS) is 24.8. The Hall–Kier alpha value is -2.14. The molecule has 5 heteroatoms. The molecule has 2 heterocycles. The van der Waals surface area contributed by atoms with Crippen LogP contribution < -0.4 is 4.74 Å². The first kappa shape index (κ1) is 21.7. The smallest absolute Gasteiger partial charge is 0.166 e. The third-order valence-electron chi connectivity index (χ3n) is 6.83. The second kappa shape index (κ2) is 9.78. The topological polar surface area (TPSA) is 21.7 Å². The molecule has 0 N–H and O–H groups in total. The number of allylic oxidation sites excluding steroid dienone is 3. The number of benzene rings is 2. The van der Waals surface area contributed by atoms with Crippen molar-refractivity contribution in [3.05, 3.63) is 88.2 Å². The van der Waals surface area contributed by atoms with E-state index in [-0.39, 0.29) is 5.75 Å². The zero-order valence-electron chi connectivity index (χ0n) is 18.2. The van der Waals surface area contributed by atoms with Gasteiger partial charge in [0.2, 0.25) is 0 Å². The number of ether oxygens (including phenoxy) is 2. The molecule has 2 aliphatic heterocycles. The van der Waals surface area contributed by atoms with Crippen LogP contribution in [0, 0.1) is 17.7 Å². The predicted molar refractivity (Wildman–Crippen MR) is 125 cm³/mol. The van der Waals surface area contributed by atoms with Crippen LogP contribution in [-0.2, 0) is 24.3 Å². The van der Waals surface area contributed by atoms with Gasteiger partial charge in [-0.3, -0.25) is 4.90 Å². The Bertz CT molecular complexity index is 1020. The van der Waals surface area contributed by atoms with Crippen LogP contribution >= 0.6 is 11.6 Å². The van der Waals surface area contributed by atoms with Gasteiger partial charge in [0.1, 0.15) is 6.61 Å². The Balaban J connectivity index is 1.21. The summed E-state index contributed by atoms with van der Waals surface area (Å²) in [4.78, 5) is 2.56. The minimum absolute atomic E-state index is 0.229. The molecule has 2 unspecified atom stereocenters. The van der Waals surface area contributed by atoms with Gasteiger partial charge in [0, 0.05) is 31.3 Å². The third-order valence-corrected chi connectivity index (χ3v) is 7.06. The lowest BCUT2D eigenvalue weighted by Gasteiger charge is -2.36. The molecule has 0 saturated carbocycles. The van der Waals surface area contributed by atoms with E-state index in [9.17, 15) is 4.39 Å². The van der Waals surface area contributed by atoms with E-state index in [2.05, 4.69) is 47.4 Å². The van der Waals surface area contributed by atoms with Crippen LogP contribution in [0.4, 0.5) is 4.39 Å². The summed E-state index contributed by atoms with van der Waals surface area (Å²) in [5, 5.41) is 0.370. The van der Waals surface area contributed by atoms with Gasteiger partial charge in [-0.15, -0.1) is 0 Å². The minimum atomic E-state index is -0.432. The Morgan fingerprint density at radius 2 is 1.91 bits per heavy atom. The first-order chi connectivity index (χ1) is 15.6. The molecule has 1 fully saturated rings. The lowest BCUT2D eigenvalue weighted by molar-refractivity contribution is -0.0628. The molecular formula is C27H29ClFNO2. The van der Waals surface area contributed by atoms with Gasteiger partial charge in [0.15, 0.2) is 11.6 Å². The second-order valence-electron chi connectivity index (χ2n) is 9.07. The van der Waals surface area contributed by atoms with Gasteiger partial charge in [-0.25, -0.2) is 4.39 Å². The summed E-state index contributed by atoms with van der Waals surface area (Å²) in [5.41, 5.74) is 3.81. The molecule has 168 valence electrons. The van der Waals surface area contributed by atoms with E-state index in [1.807, 2.05) is 0 Å². The first-order valence-corrected chi connectivity index (χ1v) is 11.9. The molecule has 5 rings (SSSR count). The minimum Gasteiger partial charge on any atom is -0.486 e. The Morgan fingerprint density at radius 1 is 1.06 bits per heavy atom. The number of hydrogen-bond donors (Lipinski definition) is 0. The van der Waals surface area contributed by atoms with E-state index < -0.39 is 5.82 Å². The van der Waals surface area contributed by atoms with E-state index >= 15 is 0 Å². The molecule has 3 nitrogen and oxygen atoms in total.